The van der Waals surface area contributed by atoms with Crippen LogP contribution in [0.25, 0.3) is 6.08 Å². The molecule has 2 amide bonds. The third kappa shape index (κ3) is 4.81. The highest BCUT2D eigenvalue weighted by Gasteiger charge is 2.35. The third-order valence-electron chi connectivity index (χ3n) is 5.61. The lowest BCUT2D eigenvalue weighted by molar-refractivity contribution is -0.113. The van der Waals surface area contributed by atoms with Crippen molar-refractivity contribution in [1.29, 1.82) is 0 Å². The van der Waals surface area contributed by atoms with Crippen molar-refractivity contribution in [3.63, 3.8) is 0 Å². The quantitative estimate of drug-likeness (QED) is 0.512. The van der Waals surface area contributed by atoms with Gasteiger partial charge in [0.05, 0.1) is 23.8 Å². The summed E-state index contributed by atoms with van der Waals surface area (Å²) in [5.74, 6) is -0.582. The monoisotopic (exact) mass is 469 g/mol. The van der Waals surface area contributed by atoms with Gasteiger partial charge in [0.2, 0.25) is 0 Å². The summed E-state index contributed by atoms with van der Waals surface area (Å²) in [6.45, 7) is 3.21. The number of rotatable bonds is 4. The zero-order chi connectivity index (χ0) is 23.3. The van der Waals surface area contributed by atoms with Crippen LogP contribution in [0, 0.1) is 0 Å². The smallest absolute Gasteiger partial charge is 0.279 e. The molecule has 0 atom stereocenters. The third-order valence-corrected chi connectivity index (χ3v) is 6.57. The molecular formula is C27H23N3O3S. The molecule has 3 aromatic rings. The van der Waals surface area contributed by atoms with E-state index in [0.717, 1.165) is 37.6 Å². The predicted octanol–water partition coefficient (Wildman–Crippen LogP) is 4.84. The molecule has 2 aliphatic rings. The van der Waals surface area contributed by atoms with Gasteiger partial charge in [0.15, 0.2) is 5.17 Å². The Morgan fingerprint density at radius 1 is 0.853 bits per heavy atom. The van der Waals surface area contributed by atoms with E-state index in [1.165, 1.54) is 16.7 Å². The van der Waals surface area contributed by atoms with E-state index in [0.29, 0.717) is 21.3 Å². The van der Waals surface area contributed by atoms with Crippen LogP contribution in [0.15, 0.2) is 94.8 Å². The molecule has 7 heteroatoms. The summed E-state index contributed by atoms with van der Waals surface area (Å²) in [6.07, 6.45) is 1.85. The van der Waals surface area contributed by atoms with Crippen LogP contribution in [0.5, 0.6) is 0 Å². The first-order valence-electron chi connectivity index (χ1n) is 11.1. The van der Waals surface area contributed by atoms with Crippen molar-refractivity contribution in [2.45, 2.75) is 0 Å². The summed E-state index contributed by atoms with van der Waals surface area (Å²) in [7, 11) is 0. The molecule has 2 saturated heterocycles. The Labute approximate surface area is 202 Å². The molecule has 0 N–H and O–H groups in total. The van der Waals surface area contributed by atoms with Gasteiger partial charge in [-0.15, -0.1) is 0 Å². The van der Waals surface area contributed by atoms with Crippen LogP contribution in [-0.2, 0) is 9.53 Å². The Balaban J connectivity index is 1.44. The number of hydrogen-bond acceptors (Lipinski definition) is 5. The number of ether oxygens (including phenoxy) is 1. The molecule has 5 rings (SSSR count). The molecule has 0 bridgehead atoms. The minimum absolute atomic E-state index is 0.201. The molecule has 2 aliphatic heterocycles. The number of amidine groups is 1. The maximum absolute atomic E-state index is 13.4. The molecule has 2 heterocycles. The van der Waals surface area contributed by atoms with E-state index in [4.69, 9.17) is 4.74 Å². The minimum atomic E-state index is -0.382. The molecule has 0 unspecified atom stereocenters. The Morgan fingerprint density at radius 3 is 2.18 bits per heavy atom. The van der Waals surface area contributed by atoms with Gasteiger partial charge in [0.25, 0.3) is 11.8 Å². The fourth-order valence-electron chi connectivity index (χ4n) is 3.84. The van der Waals surface area contributed by atoms with Gasteiger partial charge in [-0.2, -0.15) is 4.99 Å². The van der Waals surface area contributed by atoms with Gasteiger partial charge < -0.3 is 9.64 Å². The van der Waals surface area contributed by atoms with E-state index in [1.807, 2.05) is 54.6 Å². The Bertz CT molecular complexity index is 1240. The minimum Gasteiger partial charge on any atom is -0.378 e. The largest absolute Gasteiger partial charge is 0.378 e. The number of carbonyl (C=O) groups excluding carboxylic acids is 2. The number of benzene rings is 3. The van der Waals surface area contributed by atoms with Crippen LogP contribution < -0.4 is 9.80 Å². The number of para-hydroxylation sites is 1. The van der Waals surface area contributed by atoms with Crippen LogP contribution in [-0.4, -0.2) is 43.3 Å². The standard InChI is InChI=1S/C27H23N3O3S/c31-25(21-7-3-1-4-8-21)28-27-30(23-9-5-2-6-10-23)26(32)24(34-27)19-20-11-13-22(14-12-20)29-15-17-33-18-16-29/h1-14,19H,15-18H2/b24-19+,28-27?. The second-order valence-corrected chi connectivity index (χ2v) is 8.85. The molecule has 170 valence electrons. The lowest BCUT2D eigenvalue weighted by Crippen LogP contribution is -2.36. The van der Waals surface area contributed by atoms with Crippen molar-refractivity contribution in [1.82, 2.24) is 0 Å². The van der Waals surface area contributed by atoms with Gasteiger partial charge in [0.1, 0.15) is 0 Å². The molecule has 0 saturated carbocycles. The summed E-state index contributed by atoms with van der Waals surface area (Å²) >= 11 is 1.21. The first kappa shape index (κ1) is 22.1. The maximum Gasteiger partial charge on any atom is 0.279 e. The topological polar surface area (TPSA) is 62.2 Å². The average Bonchev–Trinajstić information content (AvgIpc) is 3.20. The second kappa shape index (κ2) is 10.1. The number of aliphatic imine (C=N–C) groups is 1. The summed E-state index contributed by atoms with van der Waals surface area (Å²) in [5, 5.41) is 0.348. The molecule has 2 fully saturated rings. The van der Waals surface area contributed by atoms with Crippen LogP contribution in [0.4, 0.5) is 11.4 Å². The lowest BCUT2D eigenvalue weighted by Gasteiger charge is -2.28. The number of amides is 2. The number of hydrogen-bond donors (Lipinski definition) is 0. The summed E-state index contributed by atoms with van der Waals surface area (Å²) in [6, 6.07) is 26.3. The van der Waals surface area contributed by atoms with Gasteiger partial charge in [-0.1, -0.05) is 48.5 Å². The van der Waals surface area contributed by atoms with E-state index in [9.17, 15) is 9.59 Å². The fraction of sp³-hybridized carbons (Fsp3) is 0.148. The summed E-state index contributed by atoms with van der Waals surface area (Å²) in [5.41, 5.74) is 3.20. The number of thioether (sulfide) groups is 1. The Hall–Kier alpha value is -3.68. The predicted molar refractivity (Wildman–Crippen MR) is 137 cm³/mol. The number of morpholine rings is 1. The van der Waals surface area contributed by atoms with E-state index >= 15 is 0 Å². The van der Waals surface area contributed by atoms with Crippen LogP contribution in [0.2, 0.25) is 0 Å². The van der Waals surface area contributed by atoms with E-state index < -0.39 is 0 Å². The first-order chi connectivity index (χ1) is 16.7. The second-order valence-electron chi connectivity index (χ2n) is 7.84. The highest BCUT2D eigenvalue weighted by Crippen LogP contribution is 2.36. The summed E-state index contributed by atoms with van der Waals surface area (Å²) in [4.78, 5) is 34.7. The van der Waals surface area contributed by atoms with Gasteiger partial charge in [-0.05, 0) is 59.8 Å². The molecule has 0 spiro atoms. The lowest BCUT2D eigenvalue weighted by atomic mass is 10.1. The SMILES string of the molecule is O=C(N=C1S/C(=C/c2ccc(N3CCOCC3)cc2)C(=O)N1c1ccccc1)c1ccccc1. The highest BCUT2D eigenvalue weighted by molar-refractivity contribution is 8.19. The molecule has 0 radical (unpaired) electrons. The van der Waals surface area contributed by atoms with Crippen molar-refractivity contribution in [3.05, 3.63) is 101 Å². The molecular weight excluding hydrogens is 446 g/mol. The molecule has 34 heavy (non-hydrogen) atoms. The molecule has 6 nitrogen and oxygen atoms in total. The number of nitrogens with zero attached hydrogens (tertiary/aromatic N) is 3. The first-order valence-corrected chi connectivity index (χ1v) is 11.9. The van der Waals surface area contributed by atoms with Gasteiger partial charge in [0, 0.05) is 24.3 Å². The highest BCUT2D eigenvalue weighted by atomic mass is 32.2. The van der Waals surface area contributed by atoms with Gasteiger partial charge in [-0.25, -0.2) is 0 Å². The zero-order valence-electron chi connectivity index (χ0n) is 18.5. The zero-order valence-corrected chi connectivity index (χ0v) is 19.3. The van der Waals surface area contributed by atoms with E-state index in [2.05, 4.69) is 22.0 Å². The Morgan fingerprint density at radius 2 is 1.50 bits per heavy atom. The van der Waals surface area contributed by atoms with Crippen molar-refractivity contribution >= 4 is 46.2 Å². The van der Waals surface area contributed by atoms with E-state index in [1.54, 1.807) is 24.3 Å². The number of carbonyl (C=O) groups is 2. The van der Waals surface area contributed by atoms with Crippen LogP contribution >= 0.6 is 11.8 Å². The number of anilines is 2. The van der Waals surface area contributed by atoms with Gasteiger partial charge >= 0.3 is 0 Å². The van der Waals surface area contributed by atoms with Crippen molar-refractivity contribution < 1.29 is 14.3 Å². The summed E-state index contributed by atoms with van der Waals surface area (Å²) < 4.78 is 5.43. The molecule has 3 aromatic carbocycles. The normalized spacial score (nSPS) is 18.6. The van der Waals surface area contributed by atoms with Crippen molar-refractivity contribution in [2.24, 2.45) is 4.99 Å². The Kier molecular flexibility index (Phi) is 6.56. The van der Waals surface area contributed by atoms with Crippen molar-refractivity contribution in [2.75, 3.05) is 36.1 Å². The van der Waals surface area contributed by atoms with Crippen LogP contribution in [0.3, 0.4) is 0 Å². The molecule has 0 aliphatic carbocycles. The fourth-order valence-corrected chi connectivity index (χ4v) is 4.82. The van der Waals surface area contributed by atoms with Crippen LogP contribution in [0.1, 0.15) is 15.9 Å². The van der Waals surface area contributed by atoms with Gasteiger partial charge in [-0.3, -0.25) is 14.5 Å². The maximum atomic E-state index is 13.4. The van der Waals surface area contributed by atoms with Crippen molar-refractivity contribution in [3.8, 4) is 0 Å². The average molecular weight is 470 g/mol. The molecule has 0 aromatic heterocycles. The van der Waals surface area contributed by atoms with E-state index in [-0.39, 0.29) is 11.8 Å².